The smallest absolute Gasteiger partial charge is 0.0237 e. The predicted octanol–water partition coefficient (Wildman–Crippen LogP) is 3.64. The summed E-state index contributed by atoms with van der Waals surface area (Å²) < 4.78 is 0. The Morgan fingerprint density at radius 2 is 1.19 bits per heavy atom. The van der Waals surface area contributed by atoms with Crippen molar-refractivity contribution in [2.45, 2.75) is 26.1 Å². The number of likely N-dealkylation sites (N-methyl/N-ethyl adjacent to an activating group) is 1. The van der Waals surface area contributed by atoms with Gasteiger partial charge in [0, 0.05) is 25.7 Å². The molecular weight excluding hydrogens is 256 g/mol. The number of hydrogen-bond donors (Lipinski definition) is 0. The molecule has 0 fully saturated rings. The van der Waals surface area contributed by atoms with Gasteiger partial charge in [-0.1, -0.05) is 60.7 Å². The molecule has 0 amide bonds. The lowest BCUT2D eigenvalue weighted by Crippen LogP contribution is -2.38. The second-order valence-corrected chi connectivity index (χ2v) is 5.95. The first-order valence-corrected chi connectivity index (χ1v) is 7.62. The fraction of sp³-hybridized carbons (Fsp3) is 0.368. The zero-order valence-electron chi connectivity index (χ0n) is 13.4. The maximum Gasteiger partial charge on any atom is 0.0237 e. The van der Waals surface area contributed by atoms with Gasteiger partial charge in [-0.25, -0.2) is 0 Å². The van der Waals surface area contributed by atoms with Crippen LogP contribution in [0.4, 0.5) is 0 Å². The molecule has 2 aromatic carbocycles. The molecule has 1 unspecified atom stereocenters. The zero-order chi connectivity index (χ0) is 15.1. The Bertz CT molecular complexity index is 466. The van der Waals surface area contributed by atoms with Crippen molar-refractivity contribution < 1.29 is 0 Å². The molecule has 2 nitrogen and oxygen atoms in total. The third-order valence-corrected chi connectivity index (χ3v) is 3.90. The van der Waals surface area contributed by atoms with E-state index >= 15 is 0 Å². The summed E-state index contributed by atoms with van der Waals surface area (Å²) in [6, 6.07) is 22.0. The van der Waals surface area contributed by atoms with Crippen molar-refractivity contribution in [3.8, 4) is 0 Å². The van der Waals surface area contributed by atoms with Gasteiger partial charge in [-0.2, -0.15) is 0 Å². The van der Waals surface area contributed by atoms with Crippen molar-refractivity contribution >= 4 is 0 Å². The van der Waals surface area contributed by atoms with E-state index in [1.165, 1.54) is 11.1 Å². The van der Waals surface area contributed by atoms with Gasteiger partial charge in [-0.05, 0) is 32.1 Å². The first kappa shape index (κ1) is 15.7. The van der Waals surface area contributed by atoms with Gasteiger partial charge in [0.2, 0.25) is 0 Å². The summed E-state index contributed by atoms with van der Waals surface area (Å²) in [5.41, 5.74) is 2.75. The molecule has 0 saturated heterocycles. The molecule has 0 aliphatic heterocycles. The molecule has 0 aliphatic rings. The van der Waals surface area contributed by atoms with E-state index in [-0.39, 0.29) is 0 Å². The van der Waals surface area contributed by atoms with E-state index in [1.54, 1.807) is 0 Å². The Labute approximate surface area is 129 Å². The molecular formula is C19H26N2. The SMILES string of the molecule is CC(CN(Cc1ccccc1)Cc1ccccc1)N(C)C. The number of nitrogens with zero attached hydrogens (tertiary/aromatic N) is 2. The Balaban J connectivity index is 2.06. The van der Waals surface area contributed by atoms with Crippen LogP contribution in [0.5, 0.6) is 0 Å². The molecule has 2 aromatic rings. The number of benzene rings is 2. The first-order valence-electron chi connectivity index (χ1n) is 7.62. The molecule has 0 saturated carbocycles. The Morgan fingerprint density at radius 3 is 1.57 bits per heavy atom. The molecule has 0 aliphatic carbocycles. The Hall–Kier alpha value is -1.64. The maximum atomic E-state index is 2.52. The van der Waals surface area contributed by atoms with E-state index in [2.05, 4.69) is 91.5 Å². The third kappa shape index (κ3) is 5.33. The van der Waals surface area contributed by atoms with Crippen molar-refractivity contribution in [3.05, 3.63) is 71.8 Å². The molecule has 0 heterocycles. The number of rotatable bonds is 7. The van der Waals surface area contributed by atoms with Gasteiger partial charge in [0.25, 0.3) is 0 Å². The monoisotopic (exact) mass is 282 g/mol. The Morgan fingerprint density at radius 1 is 0.762 bits per heavy atom. The van der Waals surface area contributed by atoms with Crippen molar-refractivity contribution in [1.29, 1.82) is 0 Å². The van der Waals surface area contributed by atoms with Crippen LogP contribution in [0.2, 0.25) is 0 Å². The minimum atomic E-state index is 0.539. The second-order valence-electron chi connectivity index (χ2n) is 5.95. The van der Waals surface area contributed by atoms with Gasteiger partial charge >= 0.3 is 0 Å². The van der Waals surface area contributed by atoms with Crippen LogP contribution >= 0.6 is 0 Å². The highest BCUT2D eigenvalue weighted by Crippen LogP contribution is 2.11. The van der Waals surface area contributed by atoms with E-state index in [9.17, 15) is 0 Å². The summed E-state index contributed by atoms with van der Waals surface area (Å²) in [5, 5.41) is 0. The molecule has 1 atom stereocenters. The van der Waals surface area contributed by atoms with Crippen LogP contribution in [0.15, 0.2) is 60.7 Å². The summed E-state index contributed by atoms with van der Waals surface area (Å²) in [5.74, 6) is 0. The van der Waals surface area contributed by atoms with E-state index < -0.39 is 0 Å². The van der Waals surface area contributed by atoms with E-state index in [0.29, 0.717) is 6.04 Å². The topological polar surface area (TPSA) is 6.48 Å². The quantitative estimate of drug-likeness (QED) is 0.765. The van der Waals surface area contributed by atoms with Crippen LogP contribution in [0.1, 0.15) is 18.1 Å². The summed E-state index contributed by atoms with van der Waals surface area (Å²) in [7, 11) is 4.29. The molecule has 112 valence electrons. The van der Waals surface area contributed by atoms with E-state index in [1.807, 2.05) is 0 Å². The van der Waals surface area contributed by atoms with Gasteiger partial charge < -0.3 is 4.90 Å². The summed E-state index contributed by atoms with van der Waals surface area (Å²) in [4.78, 5) is 4.80. The van der Waals surface area contributed by atoms with Gasteiger partial charge in [-0.3, -0.25) is 4.90 Å². The zero-order valence-corrected chi connectivity index (χ0v) is 13.4. The minimum Gasteiger partial charge on any atom is -0.305 e. The van der Waals surface area contributed by atoms with Crippen LogP contribution in [0.3, 0.4) is 0 Å². The largest absolute Gasteiger partial charge is 0.305 e. The lowest BCUT2D eigenvalue weighted by atomic mass is 10.1. The molecule has 0 spiro atoms. The molecule has 0 aromatic heterocycles. The lowest BCUT2D eigenvalue weighted by molar-refractivity contribution is 0.180. The predicted molar refractivity (Wildman–Crippen MR) is 90.1 cm³/mol. The Kier molecular flexibility index (Phi) is 5.97. The fourth-order valence-electron chi connectivity index (χ4n) is 2.41. The molecule has 0 radical (unpaired) electrons. The van der Waals surface area contributed by atoms with Crippen molar-refractivity contribution in [3.63, 3.8) is 0 Å². The summed E-state index contributed by atoms with van der Waals surface area (Å²) >= 11 is 0. The average Bonchev–Trinajstić information content (AvgIpc) is 2.49. The summed E-state index contributed by atoms with van der Waals surface area (Å²) in [6.07, 6.45) is 0. The van der Waals surface area contributed by atoms with E-state index in [4.69, 9.17) is 0 Å². The standard InChI is InChI=1S/C19H26N2/c1-17(20(2)3)14-21(15-18-10-6-4-7-11-18)16-19-12-8-5-9-13-19/h4-13,17H,14-16H2,1-3H3. The molecule has 2 rings (SSSR count). The second kappa shape index (κ2) is 7.96. The molecule has 2 heteroatoms. The van der Waals surface area contributed by atoms with Crippen molar-refractivity contribution in [2.75, 3.05) is 20.6 Å². The highest BCUT2D eigenvalue weighted by atomic mass is 15.2. The highest BCUT2D eigenvalue weighted by molar-refractivity contribution is 5.17. The van der Waals surface area contributed by atoms with Gasteiger partial charge in [0.05, 0.1) is 0 Å². The van der Waals surface area contributed by atoms with Crippen LogP contribution < -0.4 is 0 Å². The van der Waals surface area contributed by atoms with Gasteiger partial charge in [-0.15, -0.1) is 0 Å². The van der Waals surface area contributed by atoms with Crippen LogP contribution in [-0.4, -0.2) is 36.5 Å². The van der Waals surface area contributed by atoms with Gasteiger partial charge in [0.1, 0.15) is 0 Å². The lowest BCUT2D eigenvalue weighted by Gasteiger charge is -2.29. The molecule has 0 N–H and O–H groups in total. The fourth-order valence-corrected chi connectivity index (χ4v) is 2.41. The minimum absolute atomic E-state index is 0.539. The van der Waals surface area contributed by atoms with Crippen LogP contribution in [0, 0.1) is 0 Å². The molecule has 21 heavy (non-hydrogen) atoms. The highest BCUT2D eigenvalue weighted by Gasteiger charge is 2.13. The third-order valence-electron chi connectivity index (χ3n) is 3.90. The first-order chi connectivity index (χ1) is 10.1. The number of hydrogen-bond acceptors (Lipinski definition) is 2. The summed E-state index contributed by atoms with van der Waals surface area (Å²) in [6.45, 7) is 5.33. The van der Waals surface area contributed by atoms with Gasteiger partial charge in [0.15, 0.2) is 0 Å². The van der Waals surface area contributed by atoms with Crippen molar-refractivity contribution in [2.24, 2.45) is 0 Å². The molecule has 0 bridgehead atoms. The average molecular weight is 282 g/mol. The van der Waals surface area contributed by atoms with E-state index in [0.717, 1.165) is 19.6 Å². The van der Waals surface area contributed by atoms with Crippen LogP contribution in [-0.2, 0) is 13.1 Å². The normalized spacial score (nSPS) is 12.8. The maximum absolute atomic E-state index is 2.52. The van der Waals surface area contributed by atoms with Crippen molar-refractivity contribution in [1.82, 2.24) is 9.80 Å². The van der Waals surface area contributed by atoms with Crippen LogP contribution in [0.25, 0.3) is 0 Å².